The van der Waals surface area contributed by atoms with Crippen LogP contribution in [-0.2, 0) is 6.54 Å². The molecular weight excluding hydrogens is 247 g/mol. The first-order valence-electron chi connectivity index (χ1n) is 5.55. The lowest BCUT2D eigenvalue weighted by Crippen LogP contribution is -2.26. The SMILES string of the molecule is Cl.Cl.c1c(C2CC2)nnn1C[C@@H]1CCCN1. The number of nitrogens with zero attached hydrogens (tertiary/aromatic N) is 3. The van der Waals surface area contributed by atoms with E-state index in [1.54, 1.807) is 0 Å². The van der Waals surface area contributed by atoms with Crippen LogP contribution in [0, 0.1) is 0 Å². The van der Waals surface area contributed by atoms with Crippen molar-refractivity contribution >= 4 is 24.8 Å². The maximum atomic E-state index is 4.21. The van der Waals surface area contributed by atoms with Crippen molar-refractivity contribution in [2.75, 3.05) is 6.54 Å². The molecule has 1 aromatic rings. The summed E-state index contributed by atoms with van der Waals surface area (Å²) in [5, 5.41) is 11.8. The normalized spacial score (nSPS) is 23.6. The van der Waals surface area contributed by atoms with E-state index in [0.29, 0.717) is 6.04 Å². The molecule has 1 aliphatic heterocycles. The second kappa shape index (κ2) is 5.84. The van der Waals surface area contributed by atoms with E-state index in [1.807, 2.05) is 4.68 Å². The summed E-state index contributed by atoms with van der Waals surface area (Å²) in [6.07, 6.45) is 7.31. The predicted molar refractivity (Wildman–Crippen MR) is 67.5 cm³/mol. The first-order valence-corrected chi connectivity index (χ1v) is 5.55. The summed E-state index contributed by atoms with van der Waals surface area (Å²) < 4.78 is 2.00. The third-order valence-corrected chi connectivity index (χ3v) is 3.12. The Hall–Kier alpha value is -0.320. The van der Waals surface area contributed by atoms with Gasteiger partial charge in [0.2, 0.25) is 0 Å². The predicted octanol–water partition coefficient (Wildman–Crippen LogP) is 1.75. The minimum absolute atomic E-state index is 0. The molecule has 1 atom stereocenters. The van der Waals surface area contributed by atoms with E-state index in [0.717, 1.165) is 19.0 Å². The standard InChI is InChI=1S/C10H16N4.2ClH/c1-2-9(11-5-1)6-14-7-10(12-13-14)8-3-4-8;;/h7-9,11H,1-6H2;2*1H/t9-;;/m0../s1. The zero-order chi connectivity index (χ0) is 9.38. The van der Waals surface area contributed by atoms with Crippen molar-refractivity contribution < 1.29 is 0 Å². The number of rotatable bonds is 3. The summed E-state index contributed by atoms with van der Waals surface area (Å²) in [5.41, 5.74) is 1.20. The van der Waals surface area contributed by atoms with Crippen LogP contribution in [0.1, 0.15) is 37.3 Å². The van der Waals surface area contributed by atoms with Gasteiger partial charge in [0.25, 0.3) is 0 Å². The molecule has 0 aromatic carbocycles. The smallest absolute Gasteiger partial charge is 0.0857 e. The summed E-state index contributed by atoms with van der Waals surface area (Å²) in [6, 6.07) is 0.615. The van der Waals surface area contributed by atoms with Crippen LogP contribution in [0.2, 0.25) is 0 Å². The average Bonchev–Trinajstić information content (AvgIpc) is 2.75. The highest BCUT2D eigenvalue weighted by molar-refractivity contribution is 5.85. The minimum atomic E-state index is 0. The first-order chi connectivity index (χ1) is 6.92. The number of hydrogen-bond donors (Lipinski definition) is 1. The van der Waals surface area contributed by atoms with Crippen LogP contribution in [0.15, 0.2) is 6.20 Å². The van der Waals surface area contributed by atoms with E-state index in [4.69, 9.17) is 0 Å². The fraction of sp³-hybridized carbons (Fsp3) is 0.800. The average molecular weight is 265 g/mol. The third kappa shape index (κ3) is 3.09. The maximum Gasteiger partial charge on any atom is 0.0857 e. The van der Waals surface area contributed by atoms with E-state index in [2.05, 4.69) is 21.8 Å². The minimum Gasteiger partial charge on any atom is -0.312 e. The fourth-order valence-electron chi connectivity index (χ4n) is 2.11. The lowest BCUT2D eigenvalue weighted by Gasteiger charge is -2.08. The van der Waals surface area contributed by atoms with Gasteiger partial charge in [0.05, 0.1) is 12.2 Å². The number of aromatic nitrogens is 3. The molecule has 2 aliphatic rings. The molecule has 3 rings (SSSR count). The molecule has 1 N–H and O–H groups in total. The topological polar surface area (TPSA) is 42.7 Å². The summed E-state index contributed by atoms with van der Waals surface area (Å²) in [4.78, 5) is 0. The van der Waals surface area contributed by atoms with Gasteiger partial charge in [0.1, 0.15) is 0 Å². The molecular formula is C10H18Cl2N4. The van der Waals surface area contributed by atoms with Gasteiger partial charge in [-0.15, -0.1) is 29.9 Å². The molecule has 0 bridgehead atoms. The second-order valence-corrected chi connectivity index (χ2v) is 4.43. The van der Waals surface area contributed by atoms with Gasteiger partial charge in [0, 0.05) is 18.2 Å². The lowest BCUT2D eigenvalue weighted by molar-refractivity contribution is 0.466. The molecule has 6 heteroatoms. The molecule has 16 heavy (non-hydrogen) atoms. The molecule has 4 nitrogen and oxygen atoms in total. The highest BCUT2D eigenvalue weighted by Crippen LogP contribution is 2.38. The zero-order valence-electron chi connectivity index (χ0n) is 9.13. The Kier molecular flexibility index (Phi) is 5.02. The highest BCUT2D eigenvalue weighted by Gasteiger charge is 2.26. The summed E-state index contributed by atoms with van der Waals surface area (Å²) in [5.74, 6) is 0.722. The lowest BCUT2D eigenvalue weighted by atomic mass is 10.2. The molecule has 2 heterocycles. The maximum absolute atomic E-state index is 4.21. The van der Waals surface area contributed by atoms with Crippen LogP contribution < -0.4 is 5.32 Å². The Labute approximate surface area is 108 Å². The Balaban J connectivity index is 0.000000640. The monoisotopic (exact) mass is 264 g/mol. The molecule has 0 radical (unpaired) electrons. The van der Waals surface area contributed by atoms with E-state index >= 15 is 0 Å². The van der Waals surface area contributed by atoms with Crippen molar-refractivity contribution in [1.29, 1.82) is 0 Å². The molecule has 1 saturated heterocycles. The van der Waals surface area contributed by atoms with Crippen molar-refractivity contribution in [3.63, 3.8) is 0 Å². The van der Waals surface area contributed by atoms with Crippen molar-refractivity contribution in [2.24, 2.45) is 0 Å². The fourth-order valence-corrected chi connectivity index (χ4v) is 2.11. The highest BCUT2D eigenvalue weighted by atomic mass is 35.5. The van der Waals surface area contributed by atoms with Gasteiger partial charge in [-0.2, -0.15) is 0 Å². The van der Waals surface area contributed by atoms with E-state index in [-0.39, 0.29) is 24.8 Å². The Bertz CT molecular complexity index is 318. The number of halogens is 2. The van der Waals surface area contributed by atoms with Crippen molar-refractivity contribution in [3.8, 4) is 0 Å². The van der Waals surface area contributed by atoms with Gasteiger partial charge in [0.15, 0.2) is 0 Å². The van der Waals surface area contributed by atoms with Crippen LogP contribution in [0.3, 0.4) is 0 Å². The first kappa shape index (κ1) is 13.7. The van der Waals surface area contributed by atoms with E-state index in [9.17, 15) is 0 Å². The molecule has 0 amide bonds. The third-order valence-electron chi connectivity index (χ3n) is 3.12. The Morgan fingerprint density at radius 3 is 2.75 bits per heavy atom. The molecule has 2 fully saturated rings. The van der Waals surface area contributed by atoms with E-state index < -0.39 is 0 Å². The van der Waals surface area contributed by atoms with Crippen molar-refractivity contribution in [1.82, 2.24) is 20.3 Å². The molecule has 92 valence electrons. The van der Waals surface area contributed by atoms with Crippen LogP contribution in [0.4, 0.5) is 0 Å². The zero-order valence-corrected chi connectivity index (χ0v) is 10.8. The van der Waals surface area contributed by atoms with Crippen LogP contribution >= 0.6 is 24.8 Å². The quantitative estimate of drug-likeness (QED) is 0.905. The van der Waals surface area contributed by atoms with Gasteiger partial charge in [-0.3, -0.25) is 4.68 Å². The Morgan fingerprint density at radius 1 is 1.31 bits per heavy atom. The number of hydrogen-bond acceptors (Lipinski definition) is 3. The summed E-state index contributed by atoms with van der Waals surface area (Å²) in [7, 11) is 0. The van der Waals surface area contributed by atoms with E-state index in [1.165, 1.54) is 31.4 Å². The number of nitrogens with one attached hydrogen (secondary N) is 1. The van der Waals surface area contributed by atoms with Crippen LogP contribution in [0.25, 0.3) is 0 Å². The second-order valence-electron chi connectivity index (χ2n) is 4.43. The van der Waals surface area contributed by atoms with Gasteiger partial charge in [-0.25, -0.2) is 0 Å². The molecule has 1 aliphatic carbocycles. The van der Waals surface area contributed by atoms with Gasteiger partial charge in [-0.05, 0) is 32.2 Å². The van der Waals surface area contributed by atoms with Crippen molar-refractivity contribution in [2.45, 2.75) is 44.2 Å². The molecule has 0 spiro atoms. The summed E-state index contributed by atoms with van der Waals surface area (Å²) >= 11 is 0. The van der Waals surface area contributed by atoms with Gasteiger partial charge >= 0.3 is 0 Å². The Morgan fingerprint density at radius 2 is 2.12 bits per heavy atom. The molecule has 1 aromatic heterocycles. The van der Waals surface area contributed by atoms with Crippen LogP contribution in [-0.4, -0.2) is 27.6 Å². The summed E-state index contributed by atoms with van der Waals surface area (Å²) in [6.45, 7) is 2.15. The van der Waals surface area contributed by atoms with Crippen LogP contribution in [0.5, 0.6) is 0 Å². The molecule has 0 unspecified atom stereocenters. The van der Waals surface area contributed by atoms with Gasteiger partial charge < -0.3 is 5.32 Å². The molecule has 1 saturated carbocycles. The van der Waals surface area contributed by atoms with Crippen molar-refractivity contribution in [3.05, 3.63) is 11.9 Å². The van der Waals surface area contributed by atoms with Gasteiger partial charge in [-0.1, -0.05) is 5.21 Å². The largest absolute Gasteiger partial charge is 0.312 e.